The molecule has 1 amide bonds. The van der Waals surface area contributed by atoms with Gasteiger partial charge in [0.25, 0.3) is 5.91 Å². The van der Waals surface area contributed by atoms with Crippen molar-refractivity contribution in [1.29, 1.82) is 0 Å². The second kappa shape index (κ2) is 5.96. The third kappa shape index (κ3) is 3.30. The molecule has 1 N–H and O–H groups in total. The lowest BCUT2D eigenvalue weighted by atomic mass is 10.1. The van der Waals surface area contributed by atoms with Gasteiger partial charge in [0, 0.05) is 15.7 Å². The average molecular weight is 336 g/mol. The van der Waals surface area contributed by atoms with Crippen LogP contribution in [0.15, 0.2) is 46.9 Å². The van der Waals surface area contributed by atoms with Crippen molar-refractivity contribution in [3.05, 3.63) is 63.9 Å². The van der Waals surface area contributed by atoms with E-state index in [0.717, 1.165) is 0 Å². The van der Waals surface area contributed by atoms with Gasteiger partial charge in [-0.2, -0.15) is 0 Å². The Balaban J connectivity index is 2.23. The molecule has 0 fully saturated rings. The number of halogens is 2. The van der Waals surface area contributed by atoms with Crippen LogP contribution in [0.2, 0.25) is 0 Å². The van der Waals surface area contributed by atoms with Gasteiger partial charge in [-0.05, 0) is 53.2 Å². The van der Waals surface area contributed by atoms with Gasteiger partial charge in [-0.25, -0.2) is 4.39 Å². The van der Waals surface area contributed by atoms with E-state index in [-0.39, 0.29) is 11.7 Å². The highest BCUT2D eigenvalue weighted by molar-refractivity contribution is 9.10. The molecule has 0 atom stereocenters. The first-order valence-electron chi connectivity index (χ1n) is 5.85. The number of carbonyl (C=O) groups is 2. The molecule has 0 aromatic heterocycles. The molecule has 3 nitrogen and oxygen atoms in total. The normalized spacial score (nSPS) is 10.2. The van der Waals surface area contributed by atoms with Gasteiger partial charge in [-0.15, -0.1) is 0 Å². The highest BCUT2D eigenvalue weighted by Crippen LogP contribution is 2.20. The zero-order chi connectivity index (χ0) is 14.7. The lowest BCUT2D eigenvalue weighted by molar-refractivity contribution is 0.101. The van der Waals surface area contributed by atoms with Crippen LogP contribution in [0.4, 0.5) is 10.1 Å². The van der Waals surface area contributed by atoms with Gasteiger partial charge < -0.3 is 5.32 Å². The average Bonchev–Trinajstić information content (AvgIpc) is 2.38. The summed E-state index contributed by atoms with van der Waals surface area (Å²) in [6.07, 6.45) is 0. The number of Topliss-reactive ketones (excluding diaryl/α,β-unsaturated/α-hetero) is 1. The van der Waals surface area contributed by atoms with E-state index in [4.69, 9.17) is 0 Å². The van der Waals surface area contributed by atoms with Crippen molar-refractivity contribution in [3.8, 4) is 0 Å². The third-order valence-corrected chi connectivity index (χ3v) is 3.36. The molecule has 5 heteroatoms. The predicted octanol–water partition coefficient (Wildman–Crippen LogP) is 4.04. The lowest BCUT2D eigenvalue weighted by Gasteiger charge is -2.08. The number of carbonyl (C=O) groups excluding carboxylic acids is 2. The second-order valence-electron chi connectivity index (χ2n) is 4.22. The summed E-state index contributed by atoms with van der Waals surface area (Å²) in [4.78, 5) is 23.4. The number of nitrogens with one attached hydrogen (secondary N) is 1. The maximum absolute atomic E-state index is 13.0. The van der Waals surface area contributed by atoms with E-state index >= 15 is 0 Å². The molecule has 0 aliphatic heterocycles. The van der Waals surface area contributed by atoms with Crippen LogP contribution < -0.4 is 5.32 Å². The Morgan fingerprint density at radius 2 is 1.90 bits per heavy atom. The maximum atomic E-state index is 13.0. The van der Waals surface area contributed by atoms with Crippen LogP contribution in [-0.2, 0) is 0 Å². The van der Waals surface area contributed by atoms with E-state index in [2.05, 4.69) is 21.2 Å². The molecule has 0 saturated carbocycles. The van der Waals surface area contributed by atoms with Crippen molar-refractivity contribution in [2.45, 2.75) is 6.92 Å². The molecular weight excluding hydrogens is 325 g/mol. The SMILES string of the molecule is CC(=O)c1cccc(NC(=O)c2ccc(F)cc2Br)c1. The van der Waals surface area contributed by atoms with Crippen LogP contribution in [0.5, 0.6) is 0 Å². The largest absolute Gasteiger partial charge is 0.322 e. The first-order chi connectivity index (χ1) is 9.47. The minimum Gasteiger partial charge on any atom is -0.322 e. The molecule has 2 rings (SSSR count). The Labute approximate surface area is 123 Å². The lowest BCUT2D eigenvalue weighted by Crippen LogP contribution is -2.13. The molecule has 2 aromatic carbocycles. The zero-order valence-electron chi connectivity index (χ0n) is 10.6. The molecule has 0 bridgehead atoms. The molecule has 0 aliphatic rings. The van der Waals surface area contributed by atoms with E-state index in [0.29, 0.717) is 21.3 Å². The van der Waals surface area contributed by atoms with Crippen LogP contribution in [0.25, 0.3) is 0 Å². The van der Waals surface area contributed by atoms with Gasteiger partial charge in [-0.3, -0.25) is 9.59 Å². The van der Waals surface area contributed by atoms with Gasteiger partial charge in [0.2, 0.25) is 0 Å². The number of hydrogen-bond acceptors (Lipinski definition) is 2. The van der Waals surface area contributed by atoms with Crippen molar-refractivity contribution in [1.82, 2.24) is 0 Å². The number of anilines is 1. The molecule has 0 heterocycles. The summed E-state index contributed by atoms with van der Waals surface area (Å²) in [6, 6.07) is 10.5. The van der Waals surface area contributed by atoms with Crippen LogP contribution in [0.3, 0.4) is 0 Å². The van der Waals surface area contributed by atoms with Crippen LogP contribution >= 0.6 is 15.9 Å². The molecule has 0 radical (unpaired) electrons. The van der Waals surface area contributed by atoms with Crippen LogP contribution in [-0.4, -0.2) is 11.7 Å². The molecule has 102 valence electrons. The Hall–Kier alpha value is -2.01. The molecule has 0 saturated heterocycles. The number of amides is 1. The van der Waals surface area contributed by atoms with E-state index in [1.54, 1.807) is 24.3 Å². The summed E-state index contributed by atoms with van der Waals surface area (Å²) < 4.78 is 13.4. The molecule has 0 unspecified atom stereocenters. The molecule has 20 heavy (non-hydrogen) atoms. The smallest absolute Gasteiger partial charge is 0.256 e. The minimum absolute atomic E-state index is 0.0796. The van der Waals surface area contributed by atoms with E-state index in [1.165, 1.54) is 25.1 Å². The first-order valence-corrected chi connectivity index (χ1v) is 6.64. The predicted molar refractivity (Wildman–Crippen MR) is 78.5 cm³/mol. The fourth-order valence-electron chi connectivity index (χ4n) is 1.69. The fourth-order valence-corrected chi connectivity index (χ4v) is 2.22. The number of ketones is 1. The highest BCUT2D eigenvalue weighted by Gasteiger charge is 2.11. The summed E-state index contributed by atoms with van der Waals surface area (Å²) in [5, 5.41) is 2.67. The van der Waals surface area contributed by atoms with E-state index in [1.807, 2.05) is 0 Å². The van der Waals surface area contributed by atoms with E-state index < -0.39 is 5.82 Å². The monoisotopic (exact) mass is 335 g/mol. The molecular formula is C15H11BrFNO2. The van der Waals surface area contributed by atoms with Gasteiger partial charge >= 0.3 is 0 Å². The van der Waals surface area contributed by atoms with Crippen molar-refractivity contribution in [3.63, 3.8) is 0 Å². The van der Waals surface area contributed by atoms with Crippen molar-refractivity contribution >= 4 is 33.3 Å². The topological polar surface area (TPSA) is 46.2 Å². The summed E-state index contributed by atoms with van der Waals surface area (Å²) in [7, 11) is 0. The zero-order valence-corrected chi connectivity index (χ0v) is 12.2. The Morgan fingerprint density at radius 1 is 1.15 bits per heavy atom. The summed E-state index contributed by atoms with van der Waals surface area (Å²) in [6.45, 7) is 1.46. The van der Waals surface area contributed by atoms with Gasteiger partial charge in [0.05, 0.1) is 5.56 Å². The Kier molecular flexibility index (Phi) is 4.29. The minimum atomic E-state index is -0.424. The van der Waals surface area contributed by atoms with Crippen molar-refractivity contribution in [2.24, 2.45) is 0 Å². The van der Waals surface area contributed by atoms with Crippen molar-refractivity contribution in [2.75, 3.05) is 5.32 Å². The van der Waals surface area contributed by atoms with Crippen LogP contribution in [0.1, 0.15) is 27.6 Å². The number of rotatable bonds is 3. The van der Waals surface area contributed by atoms with Gasteiger partial charge in [0.15, 0.2) is 5.78 Å². The Morgan fingerprint density at radius 3 is 2.55 bits per heavy atom. The van der Waals surface area contributed by atoms with E-state index in [9.17, 15) is 14.0 Å². The number of hydrogen-bond donors (Lipinski definition) is 1. The summed E-state index contributed by atoms with van der Waals surface area (Å²) >= 11 is 3.14. The number of benzene rings is 2. The molecule has 2 aromatic rings. The maximum Gasteiger partial charge on any atom is 0.256 e. The molecule has 0 aliphatic carbocycles. The summed E-state index contributed by atoms with van der Waals surface area (Å²) in [5.74, 6) is -0.881. The highest BCUT2D eigenvalue weighted by atomic mass is 79.9. The van der Waals surface area contributed by atoms with Crippen LogP contribution in [0, 0.1) is 5.82 Å². The first kappa shape index (κ1) is 14.4. The Bertz CT molecular complexity index is 685. The third-order valence-electron chi connectivity index (χ3n) is 2.70. The standard InChI is InChI=1S/C15H11BrFNO2/c1-9(19)10-3-2-4-12(7-10)18-15(20)13-6-5-11(17)8-14(13)16/h2-8H,1H3,(H,18,20). The molecule has 0 spiro atoms. The van der Waals surface area contributed by atoms with Gasteiger partial charge in [-0.1, -0.05) is 12.1 Å². The fraction of sp³-hybridized carbons (Fsp3) is 0.0667. The van der Waals surface area contributed by atoms with Crippen molar-refractivity contribution < 1.29 is 14.0 Å². The quantitative estimate of drug-likeness (QED) is 0.860. The van der Waals surface area contributed by atoms with Gasteiger partial charge in [0.1, 0.15) is 5.82 Å². The second-order valence-corrected chi connectivity index (χ2v) is 5.07. The summed E-state index contributed by atoms with van der Waals surface area (Å²) in [5.41, 5.74) is 1.35.